The molecule has 5 heteroatoms. The van der Waals surface area contributed by atoms with Gasteiger partial charge in [0.1, 0.15) is 0 Å². The van der Waals surface area contributed by atoms with Crippen molar-refractivity contribution in [1.29, 1.82) is 0 Å². The first-order chi connectivity index (χ1) is 14.2. The first-order valence-corrected chi connectivity index (χ1v) is 11.5. The summed E-state index contributed by atoms with van der Waals surface area (Å²) in [5.74, 6) is 1.10. The first kappa shape index (κ1) is 20.4. The molecule has 158 valence electrons. The lowest BCUT2D eigenvalue weighted by Crippen LogP contribution is -2.51. The minimum Gasteiger partial charge on any atom is -0.356 e. The van der Waals surface area contributed by atoms with Crippen molar-refractivity contribution in [2.45, 2.75) is 57.4 Å². The molecule has 0 radical (unpaired) electrons. The van der Waals surface area contributed by atoms with E-state index in [4.69, 9.17) is 0 Å². The first-order valence-electron chi connectivity index (χ1n) is 11.5. The van der Waals surface area contributed by atoms with Gasteiger partial charge >= 0.3 is 0 Å². The molecule has 1 N–H and O–H groups in total. The quantitative estimate of drug-likeness (QED) is 0.803. The number of nitrogens with zero attached hydrogens (tertiary/aromatic N) is 2. The van der Waals surface area contributed by atoms with E-state index in [9.17, 15) is 9.59 Å². The predicted molar refractivity (Wildman–Crippen MR) is 114 cm³/mol. The third-order valence-corrected chi connectivity index (χ3v) is 7.20. The van der Waals surface area contributed by atoms with E-state index in [1.165, 1.54) is 12.0 Å². The second kappa shape index (κ2) is 9.75. The maximum absolute atomic E-state index is 12.5. The Labute approximate surface area is 174 Å². The Kier molecular flexibility index (Phi) is 6.86. The fraction of sp³-hybridized carbons (Fsp3) is 0.667. The van der Waals surface area contributed by atoms with Crippen LogP contribution in [0.1, 0.15) is 50.5 Å². The van der Waals surface area contributed by atoms with Gasteiger partial charge in [-0.25, -0.2) is 0 Å². The van der Waals surface area contributed by atoms with E-state index in [1.54, 1.807) is 0 Å². The van der Waals surface area contributed by atoms with E-state index in [1.807, 2.05) is 18.2 Å². The Hall–Kier alpha value is -1.88. The maximum atomic E-state index is 12.5. The summed E-state index contributed by atoms with van der Waals surface area (Å²) in [5.41, 5.74) is 1.27. The highest BCUT2D eigenvalue weighted by molar-refractivity contribution is 5.79. The standard InChI is InChI=1S/C24H35N3O2/c28-23(25-14-9-19-5-2-1-3-6-19)20-10-15-26(16-11-20)22-12-17-27(18-13-22)24(29)21-7-4-8-21/h1-3,5-6,20-22H,4,7-18H2,(H,25,28). The Morgan fingerprint density at radius 3 is 2.17 bits per heavy atom. The van der Waals surface area contributed by atoms with E-state index >= 15 is 0 Å². The molecule has 29 heavy (non-hydrogen) atoms. The van der Waals surface area contributed by atoms with Gasteiger partial charge in [0.05, 0.1) is 0 Å². The number of carbonyl (C=O) groups excluding carboxylic acids is 2. The average Bonchev–Trinajstić information content (AvgIpc) is 2.73. The van der Waals surface area contributed by atoms with E-state index < -0.39 is 0 Å². The van der Waals surface area contributed by atoms with Crippen molar-refractivity contribution in [2.75, 3.05) is 32.7 Å². The summed E-state index contributed by atoms with van der Waals surface area (Å²) in [6, 6.07) is 10.9. The molecule has 2 amide bonds. The van der Waals surface area contributed by atoms with Crippen molar-refractivity contribution >= 4 is 11.8 Å². The van der Waals surface area contributed by atoms with Gasteiger partial charge in [-0.3, -0.25) is 9.59 Å². The summed E-state index contributed by atoms with van der Waals surface area (Å²) in [6.45, 7) is 4.58. The SMILES string of the molecule is O=C(NCCc1ccccc1)C1CCN(C2CCN(C(=O)C3CCC3)CC2)CC1. The van der Waals surface area contributed by atoms with Crippen LogP contribution in [-0.2, 0) is 16.0 Å². The summed E-state index contributed by atoms with van der Waals surface area (Å²) in [5, 5.41) is 3.13. The van der Waals surface area contributed by atoms with E-state index in [0.717, 1.165) is 77.7 Å². The van der Waals surface area contributed by atoms with E-state index in [-0.39, 0.29) is 11.8 Å². The molecule has 0 spiro atoms. The van der Waals surface area contributed by atoms with Gasteiger partial charge < -0.3 is 15.1 Å². The topological polar surface area (TPSA) is 52.7 Å². The van der Waals surface area contributed by atoms with E-state index in [0.29, 0.717) is 17.9 Å². The van der Waals surface area contributed by atoms with Crippen molar-refractivity contribution in [3.63, 3.8) is 0 Å². The van der Waals surface area contributed by atoms with Gasteiger partial charge in [-0.1, -0.05) is 36.8 Å². The van der Waals surface area contributed by atoms with Crippen LogP contribution in [0.15, 0.2) is 30.3 Å². The van der Waals surface area contributed by atoms with Crippen molar-refractivity contribution in [3.8, 4) is 0 Å². The Morgan fingerprint density at radius 1 is 0.862 bits per heavy atom. The van der Waals surface area contributed by atoms with Crippen LogP contribution in [-0.4, -0.2) is 60.4 Å². The summed E-state index contributed by atoms with van der Waals surface area (Å²) in [6.07, 6.45) is 8.40. The average molecular weight is 398 g/mol. The number of hydrogen-bond donors (Lipinski definition) is 1. The zero-order valence-corrected chi connectivity index (χ0v) is 17.5. The minimum absolute atomic E-state index is 0.155. The van der Waals surface area contributed by atoms with Gasteiger partial charge in [0.2, 0.25) is 11.8 Å². The fourth-order valence-corrected chi connectivity index (χ4v) is 5.01. The normalized spacial score (nSPS) is 22.3. The van der Waals surface area contributed by atoms with Crippen LogP contribution in [0.2, 0.25) is 0 Å². The Bertz CT molecular complexity index is 673. The van der Waals surface area contributed by atoms with E-state index in [2.05, 4.69) is 27.2 Å². The molecule has 3 aliphatic rings. The molecule has 1 aliphatic carbocycles. The molecule has 0 atom stereocenters. The van der Waals surface area contributed by atoms with Gasteiger partial charge in [0.15, 0.2) is 0 Å². The third-order valence-electron chi connectivity index (χ3n) is 7.20. The molecule has 0 bridgehead atoms. The minimum atomic E-state index is 0.155. The molecule has 2 heterocycles. The van der Waals surface area contributed by atoms with Gasteiger partial charge in [-0.05, 0) is 63.6 Å². The molecule has 5 nitrogen and oxygen atoms in total. The zero-order valence-electron chi connectivity index (χ0n) is 17.5. The molecule has 0 aromatic heterocycles. The second-order valence-electron chi connectivity index (χ2n) is 9.02. The highest BCUT2D eigenvalue weighted by Gasteiger charge is 2.34. The molecule has 2 saturated heterocycles. The lowest BCUT2D eigenvalue weighted by atomic mass is 9.84. The Morgan fingerprint density at radius 2 is 1.55 bits per heavy atom. The molecule has 0 unspecified atom stereocenters. The second-order valence-corrected chi connectivity index (χ2v) is 9.02. The highest BCUT2D eigenvalue weighted by atomic mass is 16.2. The number of carbonyl (C=O) groups is 2. The number of rotatable bonds is 6. The molecular weight excluding hydrogens is 362 g/mol. The summed E-state index contributed by atoms with van der Waals surface area (Å²) >= 11 is 0. The van der Waals surface area contributed by atoms with Crippen LogP contribution in [0.25, 0.3) is 0 Å². The maximum Gasteiger partial charge on any atom is 0.225 e. The summed E-state index contributed by atoms with van der Waals surface area (Å²) in [4.78, 5) is 29.6. The van der Waals surface area contributed by atoms with Crippen LogP contribution in [0.4, 0.5) is 0 Å². The molecule has 1 saturated carbocycles. The zero-order chi connectivity index (χ0) is 20.1. The highest BCUT2D eigenvalue weighted by Crippen LogP contribution is 2.30. The number of hydrogen-bond acceptors (Lipinski definition) is 3. The van der Waals surface area contributed by atoms with Crippen LogP contribution in [0, 0.1) is 11.8 Å². The molecule has 1 aromatic carbocycles. The number of amides is 2. The number of likely N-dealkylation sites (tertiary alicyclic amines) is 2. The number of nitrogens with one attached hydrogen (secondary N) is 1. The van der Waals surface area contributed by atoms with Crippen LogP contribution < -0.4 is 5.32 Å². The molecule has 1 aromatic rings. The van der Waals surface area contributed by atoms with Crippen LogP contribution >= 0.6 is 0 Å². The number of piperidine rings is 2. The van der Waals surface area contributed by atoms with Gasteiger partial charge in [-0.15, -0.1) is 0 Å². The van der Waals surface area contributed by atoms with Crippen LogP contribution in [0.5, 0.6) is 0 Å². The lowest BCUT2D eigenvalue weighted by Gasteiger charge is -2.42. The van der Waals surface area contributed by atoms with Gasteiger partial charge in [0.25, 0.3) is 0 Å². The smallest absolute Gasteiger partial charge is 0.225 e. The fourth-order valence-electron chi connectivity index (χ4n) is 5.01. The third kappa shape index (κ3) is 5.19. The summed E-state index contributed by atoms with van der Waals surface area (Å²) < 4.78 is 0. The molecule has 3 fully saturated rings. The predicted octanol–water partition coefficient (Wildman–Crippen LogP) is 2.85. The molecule has 4 rings (SSSR count). The van der Waals surface area contributed by atoms with Gasteiger partial charge in [0, 0.05) is 37.5 Å². The van der Waals surface area contributed by atoms with Crippen molar-refractivity contribution in [2.24, 2.45) is 11.8 Å². The lowest BCUT2D eigenvalue weighted by molar-refractivity contribution is -0.140. The molecule has 2 aliphatic heterocycles. The summed E-state index contributed by atoms with van der Waals surface area (Å²) in [7, 11) is 0. The van der Waals surface area contributed by atoms with Crippen molar-refractivity contribution in [1.82, 2.24) is 15.1 Å². The van der Waals surface area contributed by atoms with Crippen LogP contribution in [0.3, 0.4) is 0 Å². The Balaban J connectivity index is 1.14. The monoisotopic (exact) mass is 397 g/mol. The largest absolute Gasteiger partial charge is 0.356 e. The van der Waals surface area contributed by atoms with Crippen molar-refractivity contribution < 1.29 is 9.59 Å². The van der Waals surface area contributed by atoms with Crippen molar-refractivity contribution in [3.05, 3.63) is 35.9 Å². The van der Waals surface area contributed by atoms with Gasteiger partial charge in [-0.2, -0.15) is 0 Å². The molecular formula is C24H35N3O2. The number of benzene rings is 1.